The highest BCUT2D eigenvalue weighted by molar-refractivity contribution is 6.36. The largest absolute Gasteiger partial charge is 0.379 e. The van der Waals surface area contributed by atoms with Crippen LogP contribution in [0.5, 0.6) is 0 Å². The first-order valence-corrected chi connectivity index (χ1v) is 11.7. The van der Waals surface area contributed by atoms with Gasteiger partial charge in [-0.15, -0.1) is 0 Å². The summed E-state index contributed by atoms with van der Waals surface area (Å²) in [7, 11) is 0. The summed E-state index contributed by atoms with van der Waals surface area (Å²) in [5.41, 5.74) is 3.65. The van der Waals surface area contributed by atoms with Gasteiger partial charge in [-0.05, 0) is 45.1 Å². The Morgan fingerprint density at radius 3 is 2.66 bits per heavy atom. The molecule has 0 bridgehead atoms. The molecule has 1 unspecified atom stereocenters. The molecule has 2 atom stereocenters. The van der Waals surface area contributed by atoms with Gasteiger partial charge in [-0.25, -0.2) is 4.99 Å². The lowest BCUT2D eigenvalue weighted by atomic mass is 9.84. The van der Waals surface area contributed by atoms with E-state index in [1.54, 1.807) is 6.20 Å². The van der Waals surface area contributed by atoms with Crippen LogP contribution < -0.4 is 0 Å². The molecule has 5 aliphatic rings. The molecule has 2 aliphatic carbocycles. The first-order valence-electron chi connectivity index (χ1n) is 11.7. The molecule has 168 valence electrons. The topological polar surface area (TPSA) is 86.0 Å². The molecule has 8 nitrogen and oxygen atoms in total. The van der Waals surface area contributed by atoms with Crippen LogP contribution in [0.15, 0.2) is 28.9 Å². The van der Waals surface area contributed by atoms with E-state index in [0.29, 0.717) is 30.6 Å². The van der Waals surface area contributed by atoms with Crippen LogP contribution in [0.25, 0.3) is 5.57 Å². The van der Waals surface area contributed by atoms with Crippen molar-refractivity contribution in [2.45, 2.75) is 57.3 Å². The van der Waals surface area contributed by atoms with Crippen molar-refractivity contribution in [2.75, 3.05) is 26.3 Å². The van der Waals surface area contributed by atoms with Gasteiger partial charge in [0, 0.05) is 25.3 Å². The highest BCUT2D eigenvalue weighted by Crippen LogP contribution is 2.37. The van der Waals surface area contributed by atoms with Crippen LogP contribution in [0.4, 0.5) is 0 Å². The van der Waals surface area contributed by atoms with E-state index in [1.807, 2.05) is 28.7 Å². The smallest absolute Gasteiger partial charge is 0.281 e. The number of piperidine rings is 1. The molecule has 1 aromatic heterocycles. The third kappa shape index (κ3) is 3.46. The van der Waals surface area contributed by atoms with Crippen molar-refractivity contribution < 1.29 is 19.1 Å². The molecular weight excluding hydrogens is 408 g/mol. The summed E-state index contributed by atoms with van der Waals surface area (Å²) < 4.78 is 13.5. The van der Waals surface area contributed by atoms with Crippen LogP contribution in [0.1, 0.15) is 61.1 Å². The number of likely N-dealkylation sites (tertiary alicyclic amines) is 1. The molecule has 0 radical (unpaired) electrons. The molecule has 4 heterocycles. The van der Waals surface area contributed by atoms with E-state index < -0.39 is 0 Å². The molecule has 0 spiro atoms. The Hall–Kier alpha value is -2.58. The maximum atomic E-state index is 13.5. The van der Waals surface area contributed by atoms with Crippen molar-refractivity contribution in [2.24, 2.45) is 10.9 Å². The number of hydrogen-bond donors (Lipinski definition) is 0. The quantitative estimate of drug-likeness (QED) is 0.724. The van der Waals surface area contributed by atoms with E-state index in [1.165, 1.54) is 12.8 Å². The fraction of sp³-hybridized carbons (Fsp3) is 0.583. The lowest BCUT2D eigenvalue weighted by Gasteiger charge is -2.35. The highest BCUT2D eigenvalue weighted by atomic mass is 16.5. The maximum Gasteiger partial charge on any atom is 0.281 e. The number of amides is 2. The summed E-state index contributed by atoms with van der Waals surface area (Å²) in [6, 6.07) is 0.0958. The van der Waals surface area contributed by atoms with Crippen LogP contribution in [-0.2, 0) is 14.3 Å². The SMILES string of the molecule is CC1=CC2=NC(=O)c3cnn([C@H]4CCOC4)c3C2=CC1C(=O)N1CCC(OC2CC2)CC1. The van der Waals surface area contributed by atoms with Crippen LogP contribution in [0.2, 0.25) is 0 Å². The lowest BCUT2D eigenvalue weighted by Crippen LogP contribution is -2.44. The maximum absolute atomic E-state index is 13.5. The van der Waals surface area contributed by atoms with Crippen molar-refractivity contribution in [1.29, 1.82) is 0 Å². The van der Waals surface area contributed by atoms with Gasteiger partial charge in [-0.2, -0.15) is 5.10 Å². The number of aliphatic imine (C=N–C) groups is 1. The number of aromatic nitrogens is 2. The molecule has 0 aromatic carbocycles. The van der Waals surface area contributed by atoms with Crippen molar-refractivity contribution in [3.63, 3.8) is 0 Å². The second kappa shape index (κ2) is 7.78. The number of carbonyl (C=O) groups excluding carboxylic acids is 2. The molecule has 3 aliphatic heterocycles. The van der Waals surface area contributed by atoms with Gasteiger partial charge in [0.1, 0.15) is 0 Å². The number of carbonyl (C=O) groups is 2. The molecule has 1 aromatic rings. The Kier molecular flexibility index (Phi) is 4.87. The monoisotopic (exact) mass is 436 g/mol. The van der Waals surface area contributed by atoms with E-state index in [2.05, 4.69) is 10.1 Å². The van der Waals surface area contributed by atoms with Crippen LogP contribution >= 0.6 is 0 Å². The average Bonchev–Trinajstić information content (AvgIpc) is 3.25. The van der Waals surface area contributed by atoms with Gasteiger partial charge in [-0.1, -0.05) is 11.6 Å². The van der Waals surface area contributed by atoms with Gasteiger partial charge < -0.3 is 14.4 Å². The van der Waals surface area contributed by atoms with E-state index in [9.17, 15) is 9.59 Å². The number of hydrogen-bond acceptors (Lipinski definition) is 5. The zero-order chi connectivity index (χ0) is 21.8. The summed E-state index contributed by atoms with van der Waals surface area (Å²) in [5, 5.41) is 4.51. The summed E-state index contributed by atoms with van der Waals surface area (Å²) in [5.74, 6) is -0.512. The molecule has 0 N–H and O–H groups in total. The van der Waals surface area contributed by atoms with E-state index in [0.717, 1.165) is 49.2 Å². The van der Waals surface area contributed by atoms with Gasteiger partial charge in [0.2, 0.25) is 5.91 Å². The zero-order valence-corrected chi connectivity index (χ0v) is 18.3. The number of fused-ring (bicyclic) bond motifs is 3. The predicted octanol–water partition coefficient (Wildman–Crippen LogP) is 2.57. The minimum atomic E-state index is -0.353. The van der Waals surface area contributed by atoms with Gasteiger partial charge in [-0.3, -0.25) is 14.3 Å². The fourth-order valence-corrected chi connectivity index (χ4v) is 5.16. The third-order valence-electron chi connectivity index (χ3n) is 7.15. The molecule has 2 saturated heterocycles. The first-order chi connectivity index (χ1) is 15.6. The minimum absolute atomic E-state index is 0.0958. The minimum Gasteiger partial charge on any atom is -0.379 e. The Morgan fingerprint density at radius 2 is 1.94 bits per heavy atom. The summed E-state index contributed by atoms with van der Waals surface area (Å²) in [6.07, 6.45) is 11.2. The molecule has 2 amide bonds. The second-order valence-electron chi connectivity index (χ2n) is 9.48. The van der Waals surface area contributed by atoms with E-state index in [-0.39, 0.29) is 29.9 Å². The van der Waals surface area contributed by atoms with Crippen LogP contribution in [0, 0.1) is 5.92 Å². The number of ether oxygens (including phenoxy) is 2. The standard InChI is InChI=1S/C24H28N4O4/c1-14-10-21-19(22-20(23(29)26-21)12-25-28(22)15-6-9-31-13-15)11-18(14)24(30)27-7-4-17(5-8-27)32-16-2-3-16/h10-12,15-18H,2-9,13H2,1H3/t15-,18?/m0/s1. The molecule has 8 heteroatoms. The Bertz CT molecular complexity index is 1050. The zero-order valence-electron chi connectivity index (χ0n) is 18.3. The number of allylic oxidation sites excluding steroid dienone is 2. The van der Waals surface area contributed by atoms with Crippen LogP contribution in [-0.4, -0.2) is 70.7 Å². The number of rotatable bonds is 4. The normalized spacial score (nSPS) is 28.1. The van der Waals surface area contributed by atoms with Crippen molar-refractivity contribution in [3.8, 4) is 0 Å². The predicted molar refractivity (Wildman–Crippen MR) is 117 cm³/mol. The lowest BCUT2D eigenvalue weighted by molar-refractivity contribution is -0.135. The molecule has 32 heavy (non-hydrogen) atoms. The Balaban J connectivity index is 1.27. The first kappa shape index (κ1) is 20.1. The van der Waals surface area contributed by atoms with Crippen LogP contribution in [0.3, 0.4) is 0 Å². The third-order valence-corrected chi connectivity index (χ3v) is 7.15. The Morgan fingerprint density at radius 1 is 1.16 bits per heavy atom. The van der Waals surface area contributed by atoms with Gasteiger partial charge in [0.05, 0.1) is 53.9 Å². The van der Waals surface area contributed by atoms with E-state index >= 15 is 0 Å². The highest BCUT2D eigenvalue weighted by Gasteiger charge is 2.37. The molecule has 6 rings (SSSR count). The van der Waals surface area contributed by atoms with Crippen molar-refractivity contribution >= 4 is 23.1 Å². The number of nitrogens with zero attached hydrogens (tertiary/aromatic N) is 4. The van der Waals surface area contributed by atoms with Crippen molar-refractivity contribution in [3.05, 3.63) is 35.2 Å². The van der Waals surface area contributed by atoms with Gasteiger partial charge in [0.25, 0.3) is 5.91 Å². The molecular formula is C24H28N4O4. The van der Waals surface area contributed by atoms with Gasteiger partial charge in [0.15, 0.2) is 0 Å². The van der Waals surface area contributed by atoms with Crippen molar-refractivity contribution in [1.82, 2.24) is 14.7 Å². The molecule has 1 saturated carbocycles. The molecule has 3 fully saturated rings. The summed E-state index contributed by atoms with van der Waals surface area (Å²) in [6.45, 7) is 4.67. The Labute approximate surface area is 186 Å². The average molecular weight is 437 g/mol. The second-order valence-corrected chi connectivity index (χ2v) is 9.48. The van der Waals surface area contributed by atoms with E-state index in [4.69, 9.17) is 9.47 Å². The fourth-order valence-electron chi connectivity index (χ4n) is 5.16. The van der Waals surface area contributed by atoms with Gasteiger partial charge >= 0.3 is 0 Å². The summed E-state index contributed by atoms with van der Waals surface area (Å²) >= 11 is 0. The summed E-state index contributed by atoms with van der Waals surface area (Å²) in [4.78, 5) is 32.4.